The van der Waals surface area contributed by atoms with Crippen molar-refractivity contribution in [2.45, 2.75) is 36.9 Å². The number of amides is 1. The largest absolute Gasteiger partial charge is 0.325 e. The van der Waals surface area contributed by atoms with Gasteiger partial charge in [0.2, 0.25) is 5.91 Å². The first-order chi connectivity index (χ1) is 16.3. The zero-order chi connectivity index (χ0) is 22.5. The first kappa shape index (κ1) is 21.5. The molecule has 0 atom stereocenters. The van der Waals surface area contributed by atoms with Gasteiger partial charge in [0.1, 0.15) is 5.82 Å². The van der Waals surface area contributed by atoms with Gasteiger partial charge in [-0.05, 0) is 42.0 Å². The highest BCUT2D eigenvalue weighted by Crippen LogP contribution is 2.40. The number of hydrogen-bond donors (Lipinski definition) is 1. The summed E-state index contributed by atoms with van der Waals surface area (Å²) < 4.78 is 2.17. The second-order valence-corrected chi connectivity index (χ2v) is 9.29. The third kappa shape index (κ3) is 5.52. The Hall–Kier alpha value is -3.38. The number of carbonyl (C=O) groups excluding carboxylic acids is 1. The molecule has 1 fully saturated rings. The molecule has 0 aliphatic heterocycles. The van der Waals surface area contributed by atoms with E-state index in [1.54, 1.807) is 0 Å². The lowest BCUT2D eigenvalue weighted by atomic mass is 10.0. The van der Waals surface area contributed by atoms with E-state index in [1.807, 2.05) is 54.6 Å². The van der Waals surface area contributed by atoms with Crippen LogP contribution in [-0.2, 0) is 17.8 Å². The van der Waals surface area contributed by atoms with E-state index in [1.165, 1.54) is 22.9 Å². The number of anilines is 1. The van der Waals surface area contributed by atoms with E-state index in [0.29, 0.717) is 5.92 Å². The molecule has 0 bridgehead atoms. The van der Waals surface area contributed by atoms with E-state index in [0.717, 1.165) is 48.0 Å². The average Bonchev–Trinajstić information content (AvgIpc) is 3.62. The lowest BCUT2D eigenvalue weighted by Gasteiger charge is -2.12. The van der Waals surface area contributed by atoms with E-state index in [4.69, 9.17) is 0 Å². The molecule has 1 aliphatic rings. The van der Waals surface area contributed by atoms with Crippen molar-refractivity contribution in [2.24, 2.45) is 0 Å². The van der Waals surface area contributed by atoms with Gasteiger partial charge in [0, 0.05) is 11.6 Å². The highest BCUT2D eigenvalue weighted by molar-refractivity contribution is 7.99. The molecule has 3 aromatic carbocycles. The van der Waals surface area contributed by atoms with Crippen LogP contribution < -0.4 is 5.32 Å². The Morgan fingerprint density at radius 1 is 0.879 bits per heavy atom. The van der Waals surface area contributed by atoms with Gasteiger partial charge in [-0.2, -0.15) is 0 Å². The van der Waals surface area contributed by atoms with Crippen molar-refractivity contribution in [1.82, 2.24) is 14.8 Å². The van der Waals surface area contributed by atoms with Crippen molar-refractivity contribution in [2.75, 3.05) is 11.1 Å². The molecule has 1 saturated carbocycles. The van der Waals surface area contributed by atoms with Crippen molar-refractivity contribution in [3.8, 4) is 0 Å². The highest BCUT2D eigenvalue weighted by Gasteiger charge is 2.30. The average molecular weight is 455 g/mol. The van der Waals surface area contributed by atoms with E-state index < -0.39 is 0 Å². The van der Waals surface area contributed by atoms with Crippen LogP contribution in [0.1, 0.15) is 41.3 Å². The summed E-state index contributed by atoms with van der Waals surface area (Å²) in [7, 11) is 0. The molecule has 0 unspecified atom stereocenters. The van der Waals surface area contributed by atoms with Gasteiger partial charge in [-0.25, -0.2) is 0 Å². The number of para-hydroxylation sites is 1. The Bertz CT molecular complexity index is 1220. The van der Waals surface area contributed by atoms with Crippen LogP contribution in [0.5, 0.6) is 0 Å². The van der Waals surface area contributed by atoms with Gasteiger partial charge in [0.05, 0.1) is 12.3 Å². The number of thioether (sulfide) groups is 1. The van der Waals surface area contributed by atoms with Gasteiger partial charge >= 0.3 is 0 Å². The summed E-state index contributed by atoms with van der Waals surface area (Å²) in [6.45, 7) is 0.726. The minimum atomic E-state index is -0.0391. The fraction of sp³-hybridized carbons (Fsp3) is 0.222. The minimum Gasteiger partial charge on any atom is -0.325 e. The van der Waals surface area contributed by atoms with E-state index in [2.05, 4.69) is 50.4 Å². The molecule has 1 heterocycles. The van der Waals surface area contributed by atoms with Crippen molar-refractivity contribution in [1.29, 1.82) is 0 Å². The summed E-state index contributed by atoms with van der Waals surface area (Å²) in [6.07, 6.45) is 3.10. The van der Waals surface area contributed by atoms with Crippen molar-refractivity contribution in [3.05, 3.63) is 107 Å². The molecular formula is C27H26N4OS. The first-order valence-electron chi connectivity index (χ1n) is 11.3. The lowest BCUT2D eigenvalue weighted by Crippen LogP contribution is -2.16. The smallest absolute Gasteiger partial charge is 0.234 e. The van der Waals surface area contributed by atoms with Gasteiger partial charge in [-0.15, -0.1) is 10.2 Å². The number of benzene rings is 3. The monoisotopic (exact) mass is 454 g/mol. The summed E-state index contributed by atoms with van der Waals surface area (Å²) in [5, 5.41) is 12.8. The Morgan fingerprint density at radius 3 is 2.27 bits per heavy atom. The van der Waals surface area contributed by atoms with Crippen LogP contribution in [0, 0.1) is 0 Å². The molecule has 1 aromatic heterocycles. The van der Waals surface area contributed by atoms with Crippen molar-refractivity contribution < 1.29 is 4.79 Å². The normalized spacial score (nSPS) is 13.1. The third-order valence-electron chi connectivity index (χ3n) is 5.73. The summed E-state index contributed by atoms with van der Waals surface area (Å²) >= 11 is 1.45. The molecule has 5 rings (SSSR count). The molecule has 1 aliphatic carbocycles. The molecule has 166 valence electrons. The van der Waals surface area contributed by atoms with Crippen LogP contribution in [0.25, 0.3) is 0 Å². The first-order valence-corrected chi connectivity index (χ1v) is 12.3. The van der Waals surface area contributed by atoms with E-state index in [-0.39, 0.29) is 11.7 Å². The Balaban J connectivity index is 1.26. The molecule has 1 amide bonds. The second-order valence-electron chi connectivity index (χ2n) is 8.34. The zero-order valence-electron chi connectivity index (χ0n) is 18.4. The Labute approximate surface area is 198 Å². The molecule has 5 nitrogen and oxygen atoms in total. The maximum atomic E-state index is 12.8. The molecule has 33 heavy (non-hydrogen) atoms. The van der Waals surface area contributed by atoms with Crippen LogP contribution in [0.2, 0.25) is 0 Å². The van der Waals surface area contributed by atoms with Gasteiger partial charge in [0.25, 0.3) is 0 Å². The summed E-state index contributed by atoms with van der Waals surface area (Å²) in [5.41, 5.74) is 4.39. The Kier molecular flexibility index (Phi) is 6.53. The molecule has 1 N–H and O–H groups in total. The maximum Gasteiger partial charge on any atom is 0.234 e. The number of rotatable bonds is 9. The van der Waals surface area contributed by atoms with Crippen LogP contribution in [0.15, 0.2) is 90.1 Å². The topological polar surface area (TPSA) is 59.8 Å². The van der Waals surface area contributed by atoms with Gasteiger partial charge in [-0.3, -0.25) is 4.79 Å². The number of aromatic nitrogens is 3. The summed E-state index contributed by atoms with van der Waals surface area (Å²) in [6, 6.07) is 28.6. The zero-order valence-corrected chi connectivity index (χ0v) is 19.2. The van der Waals surface area contributed by atoms with Crippen molar-refractivity contribution in [3.63, 3.8) is 0 Å². The van der Waals surface area contributed by atoms with Crippen LogP contribution in [0.3, 0.4) is 0 Å². The molecule has 6 heteroatoms. The maximum absolute atomic E-state index is 12.8. The van der Waals surface area contributed by atoms with Gasteiger partial charge in [0.15, 0.2) is 5.16 Å². The quantitative estimate of drug-likeness (QED) is 0.338. The minimum absolute atomic E-state index is 0.0391. The number of nitrogens with zero attached hydrogens (tertiary/aromatic N) is 3. The fourth-order valence-electron chi connectivity index (χ4n) is 3.89. The fourth-order valence-corrected chi connectivity index (χ4v) is 4.64. The number of nitrogens with one attached hydrogen (secondary N) is 1. The predicted molar refractivity (Wildman–Crippen MR) is 133 cm³/mol. The van der Waals surface area contributed by atoms with Crippen LogP contribution in [0.4, 0.5) is 5.69 Å². The molecule has 4 aromatic rings. The SMILES string of the molecule is O=C(CSc1nnc(C2CC2)n1Cc1ccccc1)Nc1ccccc1Cc1ccccc1. The Morgan fingerprint density at radius 2 is 1.55 bits per heavy atom. The van der Waals surface area contributed by atoms with Gasteiger partial charge in [-0.1, -0.05) is 90.6 Å². The molecule has 0 radical (unpaired) electrons. The third-order valence-corrected chi connectivity index (χ3v) is 6.70. The molecular weight excluding hydrogens is 428 g/mol. The van der Waals surface area contributed by atoms with Crippen LogP contribution >= 0.6 is 11.8 Å². The lowest BCUT2D eigenvalue weighted by molar-refractivity contribution is -0.113. The van der Waals surface area contributed by atoms with Crippen LogP contribution in [-0.4, -0.2) is 26.4 Å². The summed E-state index contributed by atoms with van der Waals surface area (Å²) in [4.78, 5) is 12.8. The van der Waals surface area contributed by atoms with E-state index >= 15 is 0 Å². The second kappa shape index (κ2) is 10.0. The predicted octanol–water partition coefficient (Wildman–Crippen LogP) is 5.53. The molecule has 0 spiro atoms. The standard InChI is InChI=1S/C27H26N4OS/c32-25(28-24-14-8-7-13-23(24)17-20-9-3-1-4-10-20)19-33-27-30-29-26(22-15-16-22)31(27)18-21-11-5-2-6-12-21/h1-14,22H,15-19H2,(H,28,32). The number of hydrogen-bond acceptors (Lipinski definition) is 4. The molecule has 0 saturated heterocycles. The van der Waals surface area contributed by atoms with Gasteiger partial charge < -0.3 is 9.88 Å². The van der Waals surface area contributed by atoms with Crippen molar-refractivity contribution >= 4 is 23.4 Å². The number of carbonyl (C=O) groups is 1. The van der Waals surface area contributed by atoms with E-state index in [9.17, 15) is 4.79 Å². The summed E-state index contributed by atoms with van der Waals surface area (Å²) in [5.74, 6) is 1.78. The highest BCUT2D eigenvalue weighted by atomic mass is 32.2.